The Balaban J connectivity index is 4.56. The zero-order valence-corrected chi connectivity index (χ0v) is 14.9. The lowest BCUT2D eigenvalue weighted by Gasteiger charge is -2.27. The van der Waals surface area contributed by atoms with Crippen molar-refractivity contribution in [1.29, 1.82) is 5.26 Å². The van der Waals surface area contributed by atoms with E-state index in [9.17, 15) is 4.79 Å². The maximum atomic E-state index is 12.1. The Hall–Kier alpha value is -0.340. The minimum Gasteiger partial charge on any atom is -0.460 e. The van der Waals surface area contributed by atoms with Gasteiger partial charge in [-0.3, -0.25) is 4.79 Å². The average molecular weight is 318 g/mol. The second-order valence-electron chi connectivity index (χ2n) is 5.02. The summed E-state index contributed by atoms with van der Waals surface area (Å²) in [7, 11) is 0. The third-order valence-corrected chi connectivity index (χ3v) is 5.38. The first-order valence-corrected chi connectivity index (χ1v) is 9.54. The molecule has 0 spiro atoms. The maximum Gasteiger partial charge on any atom is 0.309 e. The maximum absolute atomic E-state index is 12.1. The van der Waals surface area contributed by atoms with Crippen LogP contribution in [0, 0.1) is 29.1 Å². The normalized spacial score (nSPS) is 16.8. The zero-order valence-electron chi connectivity index (χ0n) is 13.2. The minimum atomic E-state index is -0.305. The highest BCUT2D eigenvalue weighted by molar-refractivity contribution is 7.99. The van der Waals surface area contributed by atoms with E-state index in [2.05, 4.69) is 26.8 Å². The van der Waals surface area contributed by atoms with Crippen molar-refractivity contribution in [3.63, 3.8) is 0 Å². The van der Waals surface area contributed by atoms with E-state index in [0.29, 0.717) is 0 Å². The summed E-state index contributed by atoms with van der Waals surface area (Å²) < 4.78 is 5.63. The van der Waals surface area contributed by atoms with Crippen molar-refractivity contribution >= 4 is 29.5 Å². The number of hydrogen-bond acceptors (Lipinski definition) is 5. The summed E-state index contributed by atoms with van der Waals surface area (Å²) in [6.07, 6.45) is -0.305. The third kappa shape index (κ3) is 7.44. The van der Waals surface area contributed by atoms with Gasteiger partial charge in [0, 0.05) is 11.7 Å². The van der Waals surface area contributed by atoms with Gasteiger partial charge in [0.1, 0.15) is 6.10 Å². The summed E-state index contributed by atoms with van der Waals surface area (Å²) in [5.74, 6) is 3.38. The molecule has 0 N–H and O–H groups in total. The van der Waals surface area contributed by atoms with Gasteiger partial charge in [0.05, 0.1) is 17.9 Å². The number of carbonyl (C=O) groups excluding carboxylic acids is 1. The van der Waals surface area contributed by atoms with Gasteiger partial charge in [-0.05, 0) is 24.2 Å². The van der Waals surface area contributed by atoms with E-state index in [0.717, 1.165) is 23.0 Å². The molecule has 4 atom stereocenters. The summed E-state index contributed by atoms with van der Waals surface area (Å²) in [6.45, 7) is 9.96. The van der Waals surface area contributed by atoms with Crippen LogP contribution in [0.15, 0.2) is 0 Å². The van der Waals surface area contributed by atoms with Gasteiger partial charge < -0.3 is 4.74 Å². The Morgan fingerprint density at radius 3 is 2.20 bits per heavy atom. The molecule has 0 amide bonds. The highest BCUT2D eigenvalue weighted by Gasteiger charge is 2.29. The predicted octanol–water partition coefficient (Wildman–Crippen LogP) is 3.84. The van der Waals surface area contributed by atoms with E-state index >= 15 is 0 Å². The van der Waals surface area contributed by atoms with E-state index in [1.54, 1.807) is 11.8 Å². The number of nitriles is 1. The fourth-order valence-electron chi connectivity index (χ4n) is 1.80. The molecule has 116 valence electrons. The molecule has 0 heterocycles. The molecule has 0 aromatic carbocycles. The molecule has 0 aliphatic carbocycles. The van der Waals surface area contributed by atoms with Crippen LogP contribution in [-0.4, -0.2) is 35.1 Å². The lowest BCUT2D eigenvalue weighted by atomic mass is 9.95. The lowest BCUT2D eigenvalue weighted by Crippen LogP contribution is -2.34. The van der Waals surface area contributed by atoms with Crippen molar-refractivity contribution in [2.45, 2.75) is 40.7 Å². The first kappa shape index (κ1) is 19.7. The molecule has 20 heavy (non-hydrogen) atoms. The van der Waals surface area contributed by atoms with Gasteiger partial charge in [-0.15, -0.1) is 0 Å². The molecule has 0 radical (unpaired) electrons. The second-order valence-corrected chi connectivity index (χ2v) is 7.65. The molecule has 0 rings (SSSR count). The van der Waals surface area contributed by atoms with Crippen LogP contribution >= 0.6 is 23.5 Å². The summed E-state index contributed by atoms with van der Waals surface area (Å²) in [6, 6.07) is 2.22. The van der Waals surface area contributed by atoms with Crippen molar-refractivity contribution in [3.05, 3.63) is 0 Å². The highest BCUT2D eigenvalue weighted by atomic mass is 32.2. The fourth-order valence-corrected chi connectivity index (χ4v) is 3.32. The molecular weight excluding hydrogens is 290 g/mol. The van der Waals surface area contributed by atoms with Crippen LogP contribution in [-0.2, 0) is 9.53 Å². The molecule has 0 aromatic rings. The average Bonchev–Trinajstić information content (AvgIpc) is 2.46. The number of nitrogens with zero attached hydrogens (tertiary/aromatic N) is 1. The molecule has 0 aliphatic heterocycles. The van der Waals surface area contributed by atoms with Gasteiger partial charge in [-0.1, -0.05) is 27.7 Å². The largest absolute Gasteiger partial charge is 0.460 e. The summed E-state index contributed by atoms with van der Waals surface area (Å²) in [4.78, 5) is 12.1. The summed E-state index contributed by atoms with van der Waals surface area (Å²) in [5, 5.41) is 9.12. The lowest BCUT2D eigenvalue weighted by molar-refractivity contribution is -0.156. The first-order valence-electron chi connectivity index (χ1n) is 7.23. The number of thioether (sulfide) groups is 2. The van der Waals surface area contributed by atoms with Gasteiger partial charge in [-0.2, -0.15) is 28.8 Å². The van der Waals surface area contributed by atoms with Gasteiger partial charge in [0.2, 0.25) is 0 Å². The number of rotatable bonds is 10. The Kier molecular flexibility index (Phi) is 11.1. The molecule has 0 aliphatic rings. The number of hydrogen-bond donors (Lipinski definition) is 0. The predicted molar refractivity (Wildman–Crippen MR) is 89.0 cm³/mol. The molecule has 4 unspecified atom stereocenters. The van der Waals surface area contributed by atoms with E-state index in [4.69, 9.17) is 10.00 Å². The summed E-state index contributed by atoms with van der Waals surface area (Å²) in [5.41, 5.74) is 0. The topological polar surface area (TPSA) is 50.1 Å². The molecular formula is C15H27NO2S2. The van der Waals surface area contributed by atoms with Gasteiger partial charge in [-0.25, -0.2) is 0 Å². The molecule has 0 saturated heterocycles. The van der Waals surface area contributed by atoms with E-state index < -0.39 is 0 Å². The summed E-state index contributed by atoms with van der Waals surface area (Å²) >= 11 is 3.56. The van der Waals surface area contributed by atoms with E-state index in [1.165, 1.54) is 0 Å². The molecule has 3 nitrogen and oxygen atoms in total. The van der Waals surface area contributed by atoms with Crippen LogP contribution in [0.3, 0.4) is 0 Å². The van der Waals surface area contributed by atoms with Gasteiger partial charge in [0.25, 0.3) is 0 Å². The highest BCUT2D eigenvalue weighted by Crippen LogP contribution is 2.22. The SMILES string of the molecule is CCSCC(C)C(=O)OC(C(C)C#N)C(C)CSCC. The van der Waals surface area contributed by atoms with Crippen LogP contribution in [0.25, 0.3) is 0 Å². The third-order valence-electron chi connectivity index (χ3n) is 3.07. The first-order chi connectivity index (χ1) is 9.47. The smallest absolute Gasteiger partial charge is 0.309 e. The monoisotopic (exact) mass is 317 g/mol. The number of ether oxygens (including phenoxy) is 1. The Morgan fingerprint density at radius 1 is 1.15 bits per heavy atom. The molecule has 0 fully saturated rings. The Morgan fingerprint density at radius 2 is 1.70 bits per heavy atom. The second kappa shape index (κ2) is 11.3. The van der Waals surface area contributed by atoms with Crippen LogP contribution in [0.5, 0.6) is 0 Å². The van der Waals surface area contributed by atoms with E-state index in [1.807, 2.05) is 25.6 Å². The molecule has 0 bridgehead atoms. The van der Waals surface area contributed by atoms with Crippen molar-refractivity contribution in [2.24, 2.45) is 17.8 Å². The molecule has 5 heteroatoms. The van der Waals surface area contributed by atoms with Crippen molar-refractivity contribution in [3.8, 4) is 6.07 Å². The molecule has 0 aromatic heterocycles. The minimum absolute atomic E-state index is 0.112. The quantitative estimate of drug-likeness (QED) is 0.573. The van der Waals surface area contributed by atoms with Crippen molar-refractivity contribution in [2.75, 3.05) is 23.0 Å². The van der Waals surface area contributed by atoms with Crippen LogP contribution in [0.4, 0.5) is 0 Å². The van der Waals surface area contributed by atoms with Crippen LogP contribution in [0.2, 0.25) is 0 Å². The van der Waals surface area contributed by atoms with Gasteiger partial charge in [0.15, 0.2) is 0 Å². The Labute approximate surface area is 132 Å². The van der Waals surface area contributed by atoms with Crippen molar-refractivity contribution < 1.29 is 9.53 Å². The fraction of sp³-hybridized carbons (Fsp3) is 0.867. The Bertz CT molecular complexity index is 317. The van der Waals surface area contributed by atoms with Gasteiger partial charge >= 0.3 is 5.97 Å². The van der Waals surface area contributed by atoms with Crippen LogP contribution < -0.4 is 0 Å². The zero-order chi connectivity index (χ0) is 15.5. The number of carbonyl (C=O) groups is 1. The number of esters is 1. The van der Waals surface area contributed by atoms with E-state index in [-0.39, 0.29) is 29.8 Å². The molecule has 0 saturated carbocycles. The standard InChI is InChI=1S/C15H27NO2S2/c1-6-19-9-12(4)14(11(3)8-16)18-15(17)13(5)10-20-7-2/h11-14H,6-7,9-10H2,1-5H3. The van der Waals surface area contributed by atoms with Crippen LogP contribution in [0.1, 0.15) is 34.6 Å². The van der Waals surface area contributed by atoms with Crippen molar-refractivity contribution in [1.82, 2.24) is 0 Å².